The lowest BCUT2D eigenvalue weighted by Crippen LogP contribution is -2.10. The second-order valence-corrected chi connectivity index (χ2v) is 61.2. The first-order valence-corrected chi connectivity index (χ1v) is 20.0. The predicted molar refractivity (Wildman–Crippen MR) is 70.4 cm³/mol. The standard InChI is InChI=1S/H2I4Si2/c1-5-6(2,3)4/h5H2. The summed E-state index contributed by atoms with van der Waals surface area (Å²) in [5.74, 6) is 0. The molecule has 0 aliphatic carbocycles. The van der Waals surface area contributed by atoms with E-state index in [1.807, 2.05) is 0 Å². The minimum absolute atomic E-state index is 0.321. The Morgan fingerprint density at radius 2 is 1.33 bits per heavy atom. The minimum atomic E-state index is -0.596. The summed E-state index contributed by atoms with van der Waals surface area (Å²) in [5, 5.41) is 0. The molecule has 0 rings (SSSR count). The van der Waals surface area contributed by atoms with Crippen molar-refractivity contribution in [2.24, 2.45) is 0 Å². The molecule has 0 fully saturated rings. The molecule has 6 heteroatoms. The van der Waals surface area contributed by atoms with Gasteiger partial charge < -0.3 is 0 Å². The predicted octanol–water partition coefficient (Wildman–Crippen LogP) is 2.25. The van der Waals surface area contributed by atoms with Gasteiger partial charge in [0.05, 0.1) is 0 Å². The first-order valence-electron chi connectivity index (χ1n) is 1.19. The quantitative estimate of drug-likeness (QED) is 0.260. The van der Waals surface area contributed by atoms with Crippen LogP contribution < -0.4 is 0 Å². The summed E-state index contributed by atoms with van der Waals surface area (Å²) in [7, 11) is 0. The molecule has 0 aliphatic heterocycles. The van der Waals surface area contributed by atoms with Crippen LogP contribution in [-0.4, -0.2) is 6.62 Å². The fourth-order valence-corrected chi connectivity index (χ4v) is 0. The molecule has 0 amide bonds. The zero-order chi connectivity index (χ0) is 5.21. The van der Waals surface area contributed by atoms with Gasteiger partial charge in [-0.25, -0.2) is 0 Å². The third-order valence-corrected chi connectivity index (χ3v) is 61.4. The Morgan fingerprint density at radius 3 is 1.33 bits per heavy atom. The van der Waals surface area contributed by atoms with Gasteiger partial charge >= 0.3 is 0 Å². The van der Waals surface area contributed by atoms with Crippen LogP contribution >= 0.6 is 87.2 Å². The Bertz CT molecular complexity index is 35.3. The third-order valence-electron chi connectivity index (χ3n) is 0.152. The summed E-state index contributed by atoms with van der Waals surface area (Å²) < 4.78 is -0.596. The Hall–Kier alpha value is 3.35. The van der Waals surface area contributed by atoms with E-state index in [4.69, 9.17) is 0 Å². The maximum absolute atomic E-state index is 2.61. The Kier molecular flexibility index (Phi) is 6.57. The van der Waals surface area contributed by atoms with Gasteiger partial charge in [-0.1, -0.05) is 65.4 Å². The number of halogens is 4. The van der Waals surface area contributed by atoms with Gasteiger partial charge in [0.25, 0.3) is 0 Å². The minimum Gasteiger partial charge on any atom is -0.128 e. The van der Waals surface area contributed by atoms with Crippen molar-refractivity contribution < 1.29 is 0 Å². The number of hydrogen-bond acceptors (Lipinski definition) is 0. The van der Waals surface area contributed by atoms with Crippen molar-refractivity contribution in [1.29, 1.82) is 0 Å². The molecule has 0 heterocycles. The first kappa shape index (κ1) is 9.35. The smallest absolute Gasteiger partial charge is 0.128 e. The summed E-state index contributed by atoms with van der Waals surface area (Å²) in [6.07, 6.45) is 0. The summed E-state index contributed by atoms with van der Waals surface area (Å²) >= 11 is 10.4. The van der Waals surface area contributed by atoms with Gasteiger partial charge in [-0.05, 0) is 0 Å². The zero-order valence-corrected chi connectivity index (χ0v) is 13.8. The molecule has 0 radical (unpaired) electrons. The molecule has 0 atom stereocenters. The number of hydrogen-bond donors (Lipinski definition) is 0. The summed E-state index contributed by atoms with van der Waals surface area (Å²) in [4.78, 5) is 0. The highest BCUT2D eigenvalue weighted by atomic mass is 127. The van der Waals surface area contributed by atoms with Gasteiger partial charge in [-0.3, -0.25) is 0 Å². The van der Waals surface area contributed by atoms with Crippen LogP contribution in [0.25, 0.3) is 0 Å². The largest absolute Gasteiger partial charge is 0.246 e. The highest BCUT2D eigenvalue weighted by Gasteiger charge is 2.18. The van der Waals surface area contributed by atoms with E-state index in [0.29, 0.717) is 6.53 Å². The van der Waals surface area contributed by atoms with Crippen molar-refractivity contribution in [3.05, 3.63) is 0 Å². The van der Waals surface area contributed by atoms with Crippen LogP contribution in [0.2, 0.25) is 0 Å². The van der Waals surface area contributed by atoms with Crippen LogP contribution in [0.5, 0.6) is 0 Å². The molecule has 0 saturated heterocycles. The Labute approximate surface area is 91.5 Å². The maximum atomic E-state index is 2.61. The van der Waals surface area contributed by atoms with Crippen molar-refractivity contribution in [2.45, 2.75) is 0 Å². The molecule has 0 aromatic heterocycles. The van der Waals surface area contributed by atoms with Crippen molar-refractivity contribution >= 4 is 93.8 Å². The molecule has 0 N–H and O–H groups in total. The van der Waals surface area contributed by atoms with Gasteiger partial charge in [0, 0.05) is 0 Å². The Balaban J connectivity index is 3.17. The van der Waals surface area contributed by atoms with Crippen LogP contribution in [0.1, 0.15) is 0 Å². The van der Waals surface area contributed by atoms with E-state index < -0.39 is 0.0813 Å². The molecule has 0 aliphatic rings. The van der Waals surface area contributed by atoms with E-state index in [-0.39, 0.29) is 0 Å². The van der Waals surface area contributed by atoms with E-state index >= 15 is 0 Å². The second kappa shape index (κ2) is 4.21. The second-order valence-electron chi connectivity index (χ2n) is 0.749. The fourth-order valence-electron chi connectivity index (χ4n) is 0. The van der Waals surface area contributed by atoms with Gasteiger partial charge in [-0.15, -0.1) is 21.8 Å². The fraction of sp³-hybridized carbons (Fsp3) is 0. The average Bonchev–Trinajstić information content (AvgIpc) is 1.35. The molecule has 0 spiro atoms. The van der Waals surface area contributed by atoms with Crippen LogP contribution in [0, 0.1) is 0 Å². The average molecular weight is 566 g/mol. The summed E-state index contributed by atoms with van der Waals surface area (Å²) in [5.41, 5.74) is 0. The van der Waals surface area contributed by atoms with E-state index in [9.17, 15) is 0 Å². The van der Waals surface area contributed by atoms with Crippen LogP contribution in [0.15, 0.2) is 0 Å². The zero-order valence-electron chi connectivity index (χ0n) is 2.72. The van der Waals surface area contributed by atoms with Crippen molar-refractivity contribution in [3.63, 3.8) is 0 Å². The molecule has 0 bridgehead atoms. The summed E-state index contributed by atoms with van der Waals surface area (Å²) in [6.45, 7) is 0.321. The molecule has 0 unspecified atom stereocenters. The van der Waals surface area contributed by atoms with Crippen molar-refractivity contribution in [3.8, 4) is 0 Å². The highest BCUT2D eigenvalue weighted by Crippen LogP contribution is 2.28. The van der Waals surface area contributed by atoms with E-state index in [2.05, 4.69) is 87.2 Å². The lowest BCUT2D eigenvalue weighted by molar-refractivity contribution is 4.54. The molecule has 0 nitrogen and oxygen atoms in total. The van der Waals surface area contributed by atoms with Crippen LogP contribution in [-0.2, 0) is 0 Å². The number of rotatable bonds is 1. The molecule has 0 saturated carbocycles. The Morgan fingerprint density at radius 1 is 1.17 bits per heavy atom. The molecular weight excluding hydrogens is 564 g/mol. The summed E-state index contributed by atoms with van der Waals surface area (Å²) in [6, 6.07) is 0. The van der Waals surface area contributed by atoms with Crippen LogP contribution in [0.3, 0.4) is 0 Å². The van der Waals surface area contributed by atoms with E-state index in [1.54, 1.807) is 0 Å². The van der Waals surface area contributed by atoms with Gasteiger partial charge in [0.1, 0.15) is 6.53 Å². The molecule has 0 aromatic carbocycles. The molecular formula is H2I4Si2. The maximum Gasteiger partial charge on any atom is 0.246 e. The SMILES string of the molecule is I[SiH2][Si](I)(I)I. The lowest BCUT2D eigenvalue weighted by atomic mass is 27.1. The van der Waals surface area contributed by atoms with E-state index in [1.165, 1.54) is 0 Å². The van der Waals surface area contributed by atoms with Crippen LogP contribution in [0.4, 0.5) is 0 Å². The normalized spacial score (nSPS) is 14.0. The lowest BCUT2D eigenvalue weighted by Gasteiger charge is -1.98. The third kappa shape index (κ3) is 7.35. The van der Waals surface area contributed by atoms with Gasteiger partial charge in [-0.2, -0.15) is 0 Å². The highest BCUT2D eigenvalue weighted by molar-refractivity contribution is 14.4. The molecule has 6 heavy (non-hydrogen) atoms. The topological polar surface area (TPSA) is 0 Å². The first-order chi connectivity index (χ1) is 2.56. The monoisotopic (exact) mass is 566 g/mol. The molecule has 38 valence electrons. The van der Waals surface area contributed by atoms with Crippen molar-refractivity contribution in [1.82, 2.24) is 0 Å². The van der Waals surface area contributed by atoms with Gasteiger partial charge in [0.2, 0.25) is 0.0813 Å². The van der Waals surface area contributed by atoms with E-state index in [0.717, 1.165) is 0 Å². The van der Waals surface area contributed by atoms with Gasteiger partial charge in [0.15, 0.2) is 0 Å². The molecule has 0 aromatic rings. The van der Waals surface area contributed by atoms with Crippen molar-refractivity contribution in [2.75, 3.05) is 0 Å².